The number of fused-ring (bicyclic) bond motifs is 1. The van der Waals surface area contributed by atoms with E-state index in [1.165, 1.54) is 10.4 Å². The monoisotopic (exact) mass is 300 g/mol. The Morgan fingerprint density at radius 3 is 2.90 bits per heavy atom. The highest BCUT2D eigenvalue weighted by molar-refractivity contribution is 7.16. The molecule has 0 aliphatic heterocycles. The predicted octanol–water partition coefficient (Wildman–Crippen LogP) is 3.39. The Morgan fingerprint density at radius 1 is 1.38 bits per heavy atom. The van der Waals surface area contributed by atoms with Gasteiger partial charge in [0, 0.05) is 11.4 Å². The molecule has 3 rings (SSSR count). The van der Waals surface area contributed by atoms with Crippen LogP contribution in [0.25, 0.3) is 0 Å². The minimum Gasteiger partial charge on any atom is -0.390 e. The molecule has 21 heavy (non-hydrogen) atoms. The van der Waals surface area contributed by atoms with Gasteiger partial charge in [-0.05, 0) is 36.3 Å². The van der Waals surface area contributed by atoms with Crippen molar-refractivity contribution in [3.63, 3.8) is 0 Å². The van der Waals surface area contributed by atoms with E-state index < -0.39 is 0 Å². The highest BCUT2D eigenvalue weighted by atomic mass is 32.1. The Kier molecular flexibility index (Phi) is 3.97. The summed E-state index contributed by atoms with van der Waals surface area (Å²) >= 11 is 1.59. The van der Waals surface area contributed by atoms with Gasteiger partial charge in [0.1, 0.15) is 0 Å². The van der Waals surface area contributed by atoms with Gasteiger partial charge in [-0.2, -0.15) is 0 Å². The van der Waals surface area contributed by atoms with E-state index in [2.05, 4.69) is 12.2 Å². The van der Waals surface area contributed by atoms with Gasteiger partial charge in [-0.25, -0.2) is 0 Å². The molecule has 1 aromatic heterocycles. The number of amides is 1. The summed E-state index contributed by atoms with van der Waals surface area (Å²) in [5.74, 6) is 0.652. The van der Waals surface area contributed by atoms with Crippen LogP contribution in [-0.2, 0) is 19.4 Å². The first-order valence-corrected chi connectivity index (χ1v) is 8.19. The first kappa shape index (κ1) is 14.1. The van der Waals surface area contributed by atoms with Gasteiger partial charge in [0.25, 0.3) is 5.91 Å². The molecule has 1 aromatic carbocycles. The molecule has 0 bridgehead atoms. The van der Waals surface area contributed by atoms with Crippen molar-refractivity contribution >= 4 is 22.2 Å². The summed E-state index contributed by atoms with van der Waals surface area (Å²) in [5.41, 5.74) is 9.10. The molecule has 0 radical (unpaired) electrons. The molecule has 0 fully saturated rings. The highest BCUT2D eigenvalue weighted by Crippen LogP contribution is 2.37. The first-order chi connectivity index (χ1) is 10.1. The standard InChI is InChI=1S/C17H20N2OS/c1-11-7-8-13-14(9-11)21-16(18)15(13)17(20)19-10-12-5-3-2-4-6-12/h2-6,11H,7-10,18H2,1H3,(H,19,20)/t11-/m0/s1. The minimum atomic E-state index is -0.0385. The Balaban J connectivity index is 1.76. The second-order valence-electron chi connectivity index (χ2n) is 5.76. The van der Waals surface area contributed by atoms with Crippen molar-refractivity contribution in [2.45, 2.75) is 32.7 Å². The maximum atomic E-state index is 12.5. The quantitative estimate of drug-likeness (QED) is 0.913. The Bertz CT molecular complexity index is 648. The molecular weight excluding hydrogens is 280 g/mol. The van der Waals surface area contributed by atoms with Crippen molar-refractivity contribution in [3.8, 4) is 0 Å². The number of carbonyl (C=O) groups excluding carboxylic acids is 1. The van der Waals surface area contributed by atoms with E-state index in [1.54, 1.807) is 11.3 Å². The zero-order chi connectivity index (χ0) is 14.8. The van der Waals surface area contributed by atoms with Gasteiger partial charge in [0.05, 0.1) is 10.6 Å². The topological polar surface area (TPSA) is 55.1 Å². The molecule has 1 aliphatic carbocycles. The average Bonchev–Trinajstić information content (AvgIpc) is 2.81. The van der Waals surface area contributed by atoms with Crippen LogP contribution in [0.5, 0.6) is 0 Å². The second kappa shape index (κ2) is 5.90. The maximum absolute atomic E-state index is 12.5. The van der Waals surface area contributed by atoms with Crippen molar-refractivity contribution in [2.24, 2.45) is 5.92 Å². The van der Waals surface area contributed by atoms with Gasteiger partial charge < -0.3 is 11.1 Å². The fourth-order valence-electron chi connectivity index (χ4n) is 2.89. The van der Waals surface area contributed by atoms with Crippen molar-refractivity contribution in [3.05, 3.63) is 51.9 Å². The number of nitrogens with one attached hydrogen (secondary N) is 1. The van der Waals surface area contributed by atoms with E-state index in [1.807, 2.05) is 30.3 Å². The molecule has 0 saturated carbocycles. The Morgan fingerprint density at radius 2 is 2.14 bits per heavy atom. The number of nitrogen functional groups attached to an aromatic ring is 1. The summed E-state index contributed by atoms with van der Waals surface area (Å²) in [4.78, 5) is 13.8. The second-order valence-corrected chi connectivity index (χ2v) is 6.90. The fourth-order valence-corrected chi connectivity index (χ4v) is 4.17. The molecule has 2 aromatic rings. The molecule has 3 N–H and O–H groups in total. The average molecular weight is 300 g/mol. The molecule has 1 heterocycles. The fraction of sp³-hybridized carbons (Fsp3) is 0.353. The predicted molar refractivity (Wildman–Crippen MR) is 87.5 cm³/mol. The van der Waals surface area contributed by atoms with Crippen molar-refractivity contribution in [2.75, 3.05) is 5.73 Å². The van der Waals surface area contributed by atoms with Gasteiger partial charge in [-0.15, -0.1) is 11.3 Å². The number of anilines is 1. The number of nitrogens with two attached hydrogens (primary N) is 1. The zero-order valence-electron chi connectivity index (χ0n) is 12.2. The number of hydrogen-bond donors (Lipinski definition) is 2. The van der Waals surface area contributed by atoms with Crippen molar-refractivity contribution in [1.82, 2.24) is 5.32 Å². The lowest BCUT2D eigenvalue weighted by molar-refractivity contribution is 0.0951. The van der Waals surface area contributed by atoms with Gasteiger partial charge in [0.15, 0.2) is 0 Å². The van der Waals surface area contributed by atoms with Crippen molar-refractivity contribution in [1.29, 1.82) is 0 Å². The summed E-state index contributed by atoms with van der Waals surface area (Å²) in [5, 5.41) is 3.66. The van der Waals surface area contributed by atoms with Crippen LogP contribution in [0, 0.1) is 5.92 Å². The molecule has 0 unspecified atom stereocenters. The lowest BCUT2D eigenvalue weighted by Gasteiger charge is -2.18. The zero-order valence-corrected chi connectivity index (χ0v) is 13.0. The van der Waals surface area contributed by atoms with E-state index in [9.17, 15) is 4.79 Å². The lowest BCUT2D eigenvalue weighted by Crippen LogP contribution is -2.25. The Hall–Kier alpha value is -1.81. The third kappa shape index (κ3) is 2.95. The van der Waals surface area contributed by atoms with Crippen LogP contribution >= 0.6 is 11.3 Å². The summed E-state index contributed by atoms with van der Waals surface area (Å²) in [6.07, 6.45) is 3.16. The molecular formula is C17H20N2OS. The third-order valence-corrected chi connectivity index (χ3v) is 5.15. The summed E-state index contributed by atoms with van der Waals surface area (Å²) in [6.45, 7) is 2.80. The van der Waals surface area contributed by atoms with Crippen LogP contribution in [-0.4, -0.2) is 5.91 Å². The number of hydrogen-bond acceptors (Lipinski definition) is 3. The molecule has 3 nitrogen and oxygen atoms in total. The van der Waals surface area contributed by atoms with Crippen LogP contribution < -0.4 is 11.1 Å². The van der Waals surface area contributed by atoms with Crippen LogP contribution in [0.2, 0.25) is 0 Å². The minimum absolute atomic E-state index is 0.0385. The van der Waals surface area contributed by atoms with Crippen LogP contribution in [0.15, 0.2) is 30.3 Å². The number of carbonyl (C=O) groups is 1. The lowest BCUT2D eigenvalue weighted by atomic mass is 9.88. The van der Waals surface area contributed by atoms with Crippen molar-refractivity contribution < 1.29 is 4.79 Å². The highest BCUT2D eigenvalue weighted by Gasteiger charge is 2.26. The van der Waals surface area contributed by atoms with E-state index in [4.69, 9.17) is 5.73 Å². The third-order valence-electron chi connectivity index (χ3n) is 4.06. The number of thiophene rings is 1. The Labute approximate surface area is 129 Å². The van der Waals surface area contributed by atoms with E-state index >= 15 is 0 Å². The van der Waals surface area contributed by atoms with Gasteiger partial charge in [0.2, 0.25) is 0 Å². The molecule has 110 valence electrons. The summed E-state index contributed by atoms with van der Waals surface area (Å²) in [7, 11) is 0. The van der Waals surface area contributed by atoms with E-state index in [-0.39, 0.29) is 5.91 Å². The summed E-state index contributed by atoms with van der Waals surface area (Å²) in [6, 6.07) is 9.94. The SMILES string of the molecule is C[C@H]1CCc2c(sc(N)c2C(=O)NCc2ccccc2)C1. The van der Waals surface area contributed by atoms with Gasteiger partial charge >= 0.3 is 0 Å². The van der Waals surface area contributed by atoms with E-state index in [0.717, 1.165) is 30.4 Å². The molecule has 0 spiro atoms. The molecule has 1 atom stereocenters. The number of rotatable bonds is 3. The van der Waals surface area contributed by atoms with E-state index in [0.29, 0.717) is 17.5 Å². The van der Waals surface area contributed by atoms with Gasteiger partial charge in [-0.1, -0.05) is 37.3 Å². The molecule has 0 saturated heterocycles. The largest absolute Gasteiger partial charge is 0.390 e. The molecule has 1 amide bonds. The van der Waals surface area contributed by atoms with Crippen LogP contribution in [0.3, 0.4) is 0 Å². The molecule has 1 aliphatic rings. The van der Waals surface area contributed by atoms with Crippen LogP contribution in [0.1, 0.15) is 39.7 Å². The first-order valence-electron chi connectivity index (χ1n) is 7.37. The number of benzene rings is 1. The normalized spacial score (nSPS) is 17.3. The summed E-state index contributed by atoms with van der Waals surface area (Å²) < 4.78 is 0. The maximum Gasteiger partial charge on any atom is 0.254 e. The smallest absolute Gasteiger partial charge is 0.254 e. The van der Waals surface area contributed by atoms with Gasteiger partial charge in [-0.3, -0.25) is 4.79 Å². The molecule has 4 heteroatoms. The van der Waals surface area contributed by atoms with Crippen LogP contribution in [0.4, 0.5) is 5.00 Å².